The third kappa shape index (κ3) is 3.68. The number of aromatic nitrogens is 3. The number of ether oxygens (including phenoxy) is 1. The Labute approximate surface area is 159 Å². The first kappa shape index (κ1) is 19.7. The van der Waals surface area contributed by atoms with Crippen LogP contribution in [0.25, 0.3) is 11.4 Å². The van der Waals surface area contributed by atoms with Crippen molar-refractivity contribution in [2.45, 2.75) is 23.0 Å². The maximum Gasteiger partial charge on any atom is 0.424 e. The number of benzene rings is 1. The highest BCUT2D eigenvalue weighted by molar-refractivity contribution is 7.91. The molecule has 3 aromatic rings. The third-order valence-electron chi connectivity index (χ3n) is 3.84. The third-order valence-corrected chi connectivity index (χ3v) is 5.54. The molecule has 0 aliphatic rings. The van der Waals surface area contributed by atoms with Crippen molar-refractivity contribution >= 4 is 9.84 Å². The van der Waals surface area contributed by atoms with Crippen molar-refractivity contribution in [3.05, 3.63) is 59.9 Å². The van der Waals surface area contributed by atoms with E-state index >= 15 is 0 Å². The van der Waals surface area contributed by atoms with Crippen molar-refractivity contribution in [2.24, 2.45) is 0 Å². The summed E-state index contributed by atoms with van der Waals surface area (Å²) in [6.07, 6.45) is -2.27. The number of hydrogen-bond acceptors (Lipinski definition) is 6. The van der Waals surface area contributed by atoms with E-state index in [0.717, 1.165) is 12.7 Å². The van der Waals surface area contributed by atoms with Crippen molar-refractivity contribution in [3.63, 3.8) is 0 Å². The van der Waals surface area contributed by atoms with E-state index in [1.807, 2.05) is 0 Å². The number of aryl methyl sites for hydroxylation is 1. The second kappa shape index (κ2) is 7.19. The lowest BCUT2D eigenvalue weighted by atomic mass is 10.2. The van der Waals surface area contributed by atoms with Crippen LogP contribution >= 0.6 is 0 Å². The molecular weight excluding hydrogens is 395 g/mol. The standard InChI is InChI=1S/C18H14F3N3O3S/c1-11-3-5-13(6-4-11)28(25,26)17-14(18(19,20)21)16(27-2)23-15(24-17)12-7-9-22-10-8-12/h3-10H,1-2H3. The van der Waals surface area contributed by atoms with Crippen molar-refractivity contribution in [3.8, 4) is 17.3 Å². The fourth-order valence-electron chi connectivity index (χ4n) is 2.46. The van der Waals surface area contributed by atoms with E-state index in [2.05, 4.69) is 15.0 Å². The highest BCUT2D eigenvalue weighted by Crippen LogP contribution is 2.41. The van der Waals surface area contributed by atoms with Gasteiger partial charge in [-0.15, -0.1) is 0 Å². The van der Waals surface area contributed by atoms with Crippen molar-refractivity contribution in [1.29, 1.82) is 0 Å². The zero-order valence-corrected chi connectivity index (χ0v) is 15.5. The van der Waals surface area contributed by atoms with Gasteiger partial charge in [-0.2, -0.15) is 18.2 Å². The molecule has 0 aliphatic heterocycles. The van der Waals surface area contributed by atoms with Crippen LogP contribution in [0.5, 0.6) is 5.88 Å². The van der Waals surface area contributed by atoms with Gasteiger partial charge in [-0.05, 0) is 31.2 Å². The van der Waals surface area contributed by atoms with Crippen LogP contribution in [0.4, 0.5) is 13.2 Å². The Kier molecular flexibility index (Phi) is 5.07. The molecule has 6 nitrogen and oxygen atoms in total. The number of rotatable bonds is 4. The minimum Gasteiger partial charge on any atom is -0.480 e. The number of halogens is 3. The van der Waals surface area contributed by atoms with Crippen LogP contribution in [0.3, 0.4) is 0 Å². The summed E-state index contributed by atoms with van der Waals surface area (Å²) >= 11 is 0. The van der Waals surface area contributed by atoms with Gasteiger partial charge in [-0.1, -0.05) is 17.7 Å². The van der Waals surface area contributed by atoms with Crippen LogP contribution in [-0.2, 0) is 16.0 Å². The van der Waals surface area contributed by atoms with E-state index in [4.69, 9.17) is 4.74 Å². The summed E-state index contributed by atoms with van der Waals surface area (Å²) in [6, 6.07) is 8.33. The first-order valence-corrected chi connectivity index (χ1v) is 9.38. The minimum absolute atomic E-state index is 0.224. The van der Waals surface area contributed by atoms with Crippen LogP contribution in [0, 0.1) is 6.92 Å². The SMILES string of the molecule is COc1nc(-c2ccncc2)nc(S(=O)(=O)c2ccc(C)cc2)c1C(F)(F)F. The summed E-state index contributed by atoms with van der Waals surface area (Å²) in [5.74, 6) is -1.10. The summed E-state index contributed by atoms with van der Waals surface area (Å²) in [5.41, 5.74) is -0.497. The van der Waals surface area contributed by atoms with Crippen LogP contribution < -0.4 is 4.74 Å². The Bertz CT molecular complexity index is 1100. The van der Waals surface area contributed by atoms with Gasteiger partial charge in [0.25, 0.3) is 0 Å². The smallest absolute Gasteiger partial charge is 0.424 e. The average Bonchev–Trinajstić information content (AvgIpc) is 2.67. The average molecular weight is 409 g/mol. The zero-order chi connectivity index (χ0) is 20.5. The van der Waals surface area contributed by atoms with Gasteiger partial charge in [0.05, 0.1) is 12.0 Å². The Hall–Kier alpha value is -3.01. The zero-order valence-electron chi connectivity index (χ0n) is 14.7. The predicted octanol–water partition coefficient (Wildman–Crippen LogP) is 3.71. The summed E-state index contributed by atoms with van der Waals surface area (Å²) < 4.78 is 71.9. The van der Waals surface area contributed by atoms with Gasteiger partial charge in [0.15, 0.2) is 16.4 Å². The van der Waals surface area contributed by atoms with E-state index in [9.17, 15) is 21.6 Å². The van der Waals surface area contributed by atoms with E-state index in [1.54, 1.807) is 6.92 Å². The molecule has 0 unspecified atom stereocenters. The Morgan fingerprint density at radius 1 is 0.964 bits per heavy atom. The highest BCUT2D eigenvalue weighted by Gasteiger charge is 2.44. The monoisotopic (exact) mass is 409 g/mol. The van der Waals surface area contributed by atoms with E-state index in [-0.39, 0.29) is 10.7 Å². The normalized spacial score (nSPS) is 12.0. The van der Waals surface area contributed by atoms with Crippen molar-refractivity contribution < 1.29 is 26.3 Å². The molecule has 0 bridgehead atoms. The molecule has 10 heteroatoms. The van der Waals surface area contributed by atoms with Crippen LogP contribution in [0.15, 0.2) is 58.7 Å². The lowest BCUT2D eigenvalue weighted by Gasteiger charge is -2.16. The highest BCUT2D eigenvalue weighted by atomic mass is 32.2. The molecule has 0 saturated heterocycles. The maximum atomic E-state index is 13.7. The molecule has 3 rings (SSSR count). The number of pyridine rings is 1. The topological polar surface area (TPSA) is 82.0 Å². The van der Waals surface area contributed by atoms with Gasteiger partial charge >= 0.3 is 6.18 Å². The fraction of sp³-hybridized carbons (Fsp3) is 0.167. The van der Waals surface area contributed by atoms with Crippen LogP contribution in [-0.4, -0.2) is 30.5 Å². The number of hydrogen-bond donors (Lipinski definition) is 0. The van der Waals surface area contributed by atoms with E-state index < -0.39 is 32.5 Å². The summed E-state index contributed by atoms with van der Waals surface area (Å²) in [4.78, 5) is 11.0. The molecule has 0 aliphatic carbocycles. The fourth-order valence-corrected chi connectivity index (χ4v) is 3.86. The first-order valence-electron chi connectivity index (χ1n) is 7.90. The first-order chi connectivity index (χ1) is 13.1. The molecule has 1 aromatic carbocycles. The molecule has 28 heavy (non-hydrogen) atoms. The molecule has 2 aromatic heterocycles. The van der Waals surface area contributed by atoms with Gasteiger partial charge in [0.1, 0.15) is 0 Å². The summed E-state index contributed by atoms with van der Waals surface area (Å²) in [6.45, 7) is 1.73. The summed E-state index contributed by atoms with van der Waals surface area (Å²) in [7, 11) is -3.62. The van der Waals surface area contributed by atoms with Gasteiger partial charge in [-0.25, -0.2) is 13.4 Å². The molecule has 2 heterocycles. The van der Waals surface area contributed by atoms with Crippen molar-refractivity contribution in [1.82, 2.24) is 15.0 Å². The second-order valence-corrected chi connectivity index (χ2v) is 7.65. The molecule has 0 amide bonds. The van der Waals surface area contributed by atoms with Gasteiger partial charge in [-0.3, -0.25) is 4.98 Å². The van der Waals surface area contributed by atoms with Crippen molar-refractivity contribution in [2.75, 3.05) is 7.11 Å². The molecule has 0 saturated carbocycles. The van der Waals surface area contributed by atoms with Crippen LogP contribution in [0.2, 0.25) is 0 Å². The molecule has 0 spiro atoms. The maximum absolute atomic E-state index is 13.7. The lowest BCUT2D eigenvalue weighted by molar-refractivity contribution is -0.141. The molecule has 0 atom stereocenters. The number of nitrogens with zero attached hydrogens (tertiary/aromatic N) is 3. The number of methoxy groups -OCH3 is 1. The Balaban J connectivity index is 2.35. The molecule has 0 fully saturated rings. The number of alkyl halides is 3. The predicted molar refractivity (Wildman–Crippen MR) is 93.4 cm³/mol. The lowest BCUT2D eigenvalue weighted by Crippen LogP contribution is -2.19. The summed E-state index contributed by atoms with van der Waals surface area (Å²) in [5, 5.41) is -1.16. The quantitative estimate of drug-likeness (QED) is 0.611. The molecule has 146 valence electrons. The number of sulfone groups is 1. The Morgan fingerprint density at radius 2 is 1.57 bits per heavy atom. The van der Waals surface area contributed by atoms with E-state index in [1.165, 1.54) is 48.8 Å². The van der Waals surface area contributed by atoms with Gasteiger partial charge in [0, 0.05) is 18.0 Å². The van der Waals surface area contributed by atoms with Crippen LogP contribution in [0.1, 0.15) is 11.1 Å². The molecule has 0 N–H and O–H groups in total. The van der Waals surface area contributed by atoms with Gasteiger partial charge < -0.3 is 4.74 Å². The second-order valence-electron chi connectivity index (χ2n) is 5.79. The largest absolute Gasteiger partial charge is 0.480 e. The van der Waals surface area contributed by atoms with Gasteiger partial charge in [0.2, 0.25) is 15.7 Å². The molecular formula is C18H14F3N3O3S. The Morgan fingerprint density at radius 3 is 2.11 bits per heavy atom. The van der Waals surface area contributed by atoms with E-state index in [0.29, 0.717) is 5.56 Å². The molecule has 0 radical (unpaired) electrons. The minimum atomic E-state index is -5.05.